The standard InChI is InChI=1S/C13H19N5O3S/c1-2-3-7-17-8-11(14)15-5-16-12(8)18(7)13-10(22)9(20)6(4-19)21-13/h5-6,9-10,13,19-20,22H,2-4H2,1H3,(H2,14,15,16)/t6-,9-,10-,13-/m1/s1. The Kier molecular flexibility index (Phi) is 4.22. The van der Waals surface area contributed by atoms with Gasteiger partial charge in [-0.2, -0.15) is 12.6 Å². The second-order valence-corrected chi connectivity index (χ2v) is 5.90. The molecule has 2 aromatic heterocycles. The Morgan fingerprint density at radius 1 is 1.45 bits per heavy atom. The summed E-state index contributed by atoms with van der Waals surface area (Å²) in [6.07, 6.45) is 0.829. The van der Waals surface area contributed by atoms with Gasteiger partial charge in [0, 0.05) is 6.42 Å². The zero-order valence-corrected chi connectivity index (χ0v) is 13.0. The van der Waals surface area contributed by atoms with E-state index in [9.17, 15) is 10.2 Å². The highest BCUT2D eigenvalue weighted by atomic mass is 32.1. The average molecular weight is 325 g/mol. The van der Waals surface area contributed by atoms with Gasteiger partial charge in [-0.3, -0.25) is 4.57 Å². The number of nitrogen functional groups attached to an aromatic ring is 1. The lowest BCUT2D eigenvalue weighted by atomic mass is 10.2. The van der Waals surface area contributed by atoms with E-state index in [4.69, 9.17) is 10.5 Å². The maximum absolute atomic E-state index is 10.1. The normalized spacial score (nSPS) is 28.5. The molecule has 3 heterocycles. The van der Waals surface area contributed by atoms with Gasteiger partial charge in [0.1, 0.15) is 18.3 Å². The molecule has 4 atom stereocenters. The van der Waals surface area contributed by atoms with Gasteiger partial charge >= 0.3 is 0 Å². The highest BCUT2D eigenvalue weighted by Gasteiger charge is 2.43. The second kappa shape index (κ2) is 5.99. The Morgan fingerprint density at radius 3 is 2.86 bits per heavy atom. The summed E-state index contributed by atoms with van der Waals surface area (Å²) < 4.78 is 7.56. The van der Waals surface area contributed by atoms with Crippen molar-refractivity contribution < 1.29 is 14.9 Å². The Bertz CT molecular complexity index is 679. The van der Waals surface area contributed by atoms with Crippen LogP contribution in [0.1, 0.15) is 25.4 Å². The molecule has 2 aromatic rings. The summed E-state index contributed by atoms with van der Waals surface area (Å²) in [6.45, 7) is 1.76. The van der Waals surface area contributed by atoms with E-state index in [1.807, 2.05) is 6.92 Å². The van der Waals surface area contributed by atoms with Gasteiger partial charge in [0.15, 0.2) is 23.2 Å². The van der Waals surface area contributed by atoms with E-state index >= 15 is 0 Å². The molecule has 120 valence electrons. The molecule has 0 spiro atoms. The number of aliphatic hydroxyl groups is 2. The van der Waals surface area contributed by atoms with Crippen molar-refractivity contribution in [2.24, 2.45) is 0 Å². The van der Waals surface area contributed by atoms with Crippen molar-refractivity contribution in [1.82, 2.24) is 19.5 Å². The van der Waals surface area contributed by atoms with E-state index in [0.29, 0.717) is 23.4 Å². The number of hydrogen-bond acceptors (Lipinski definition) is 8. The van der Waals surface area contributed by atoms with Crippen molar-refractivity contribution in [1.29, 1.82) is 0 Å². The molecule has 0 aromatic carbocycles. The van der Waals surface area contributed by atoms with Crippen LogP contribution in [0, 0.1) is 0 Å². The molecule has 3 rings (SSSR count). The monoisotopic (exact) mass is 325 g/mol. The van der Waals surface area contributed by atoms with Gasteiger partial charge < -0.3 is 20.7 Å². The molecule has 4 N–H and O–H groups in total. The van der Waals surface area contributed by atoms with Gasteiger partial charge in [-0.05, 0) is 6.42 Å². The molecule has 1 saturated heterocycles. The van der Waals surface area contributed by atoms with Gasteiger partial charge in [0.2, 0.25) is 0 Å². The van der Waals surface area contributed by atoms with Gasteiger partial charge in [-0.15, -0.1) is 0 Å². The zero-order valence-electron chi connectivity index (χ0n) is 12.1. The third-order valence-corrected chi connectivity index (χ3v) is 4.38. The summed E-state index contributed by atoms with van der Waals surface area (Å²) in [4.78, 5) is 12.7. The number of aromatic nitrogens is 4. The fourth-order valence-electron chi connectivity index (χ4n) is 2.73. The van der Waals surface area contributed by atoms with Gasteiger partial charge in [0.25, 0.3) is 0 Å². The van der Waals surface area contributed by atoms with Crippen molar-refractivity contribution in [3.05, 3.63) is 12.2 Å². The van der Waals surface area contributed by atoms with E-state index in [-0.39, 0.29) is 6.61 Å². The lowest BCUT2D eigenvalue weighted by Gasteiger charge is -2.19. The van der Waals surface area contributed by atoms with Crippen molar-refractivity contribution in [3.63, 3.8) is 0 Å². The lowest BCUT2D eigenvalue weighted by Crippen LogP contribution is -2.30. The predicted molar refractivity (Wildman–Crippen MR) is 83.5 cm³/mol. The minimum atomic E-state index is -0.871. The highest BCUT2D eigenvalue weighted by Crippen LogP contribution is 2.36. The number of fused-ring (bicyclic) bond motifs is 1. The molecular formula is C13H19N5O3S. The fraction of sp³-hybridized carbons (Fsp3) is 0.615. The number of anilines is 1. The summed E-state index contributed by atoms with van der Waals surface area (Å²) in [5, 5.41) is 18.9. The van der Waals surface area contributed by atoms with Crippen LogP contribution in [0.4, 0.5) is 5.82 Å². The summed E-state index contributed by atoms with van der Waals surface area (Å²) in [5.41, 5.74) is 6.93. The first-order valence-electron chi connectivity index (χ1n) is 7.18. The average Bonchev–Trinajstić information content (AvgIpc) is 3.00. The number of imidazole rings is 1. The van der Waals surface area contributed by atoms with Crippen molar-refractivity contribution in [3.8, 4) is 0 Å². The highest BCUT2D eigenvalue weighted by molar-refractivity contribution is 7.81. The number of aliphatic hydroxyl groups excluding tert-OH is 2. The number of nitrogens with zero attached hydrogens (tertiary/aromatic N) is 4. The minimum Gasteiger partial charge on any atom is -0.394 e. The molecule has 1 aliphatic heterocycles. The predicted octanol–water partition coefficient (Wildman–Crippen LogP) is -0.0900. The first-order chi connectivity index (χ1) is 10.6. The zero-order chi connectivity index (χ0) is 15.9. The Balaban J connectivity index is 2.13. The third-order valence-electron chi connectivity index (χ3n) is 3.82. The quantitative estimate of drug-likeness (QED) is 0.580. The van der Waals surface area contributed by atoms with E-state index in [0.717, 1.165) is 12.2 Å². The number of thiol groups is 1. The molecule has 0 saturated carbocycles. The number of aryl methyl sites for hydroxylation is 1. The molecule has 8 nitrogen and oxygen atoms in total. The van der Waals surface area contributed by atoms with Crippen LogP contribution in [0.5, 0.6) is 0 Å². The number of hydrogen-bond donors (Lipinski definition) is 4. The van der Waals surface area contributed by atoms with Crippen LogP contribution in [0.15, 0.2) is 6.33 Å². The Labute approximate surface area is 132 Å². The van der Waals surface area contributed by atoms with Crippen LogP contribution in [-0.4, -0.2) is 53.8 Å². The second-order valence-electron chi connectivity index (χ2n) is 5.31. The van der Waals surface area contributed by atoms with E-state index in [1.54, 1.807) is 4.57 Å². The summed E-state index contributed by atoms with van der Waals surface area (Å²) >= 11 is 4.44. The summed E-state index contributed by atoms with van der Waals surface area (Å²) in [7, 11) is 0. The van der Waals surface area contributed by atoms with E-state index in [1.165, 1.54) is 6.33 Å². The number of nitrogens with two attached hydrogens (primary N) is 1. The minimum absolute atomic E-state index is 0.276. The van der Waals surface area contributed by atoms with Crippen LogP contribution in [0.2, 0.25) is 0 Å². The van der Waals surface area contributed by atoms with E-state index < -0.39 is 23.7 Å². The maximum atomic E-state index is 10.1. The summed E-state index contributed by atoms with van der Waals surface area (Å²) in [6, 6.07) is 0. The molecule has 1 aliphatic rings. The topological polar surface area (TPSA) is 119 Å². The first-order valence-corrected chi connectivity index (χ1v) is 7.69. The number of rotatable bonds is 4. The van der Waals surface area contributed by atoms with Crippen molar-refractivity contribution in [2.45, 2.75) is 43.5 Å². The maximum Gasteiger partial charge on any atom is 0.167 e. The third kappa shape index (κ3) is 2.34. The Hall–Kier alpha value is -1.42. The van der Waals surface area contributed by atoms with Crippen LogP contribution in [0.3, 0.4) is 0 Å². The van der Waals surface area contributed by atoms with Gasteiger partial charge in [0.05, 0.1) is 18.0 Å². The number of ether oxygens (including phenoxy) is 1. The fourth-order valence-corrected chi connectivity index (χ4v) is 3.13. The van der Waals surface area contributed by atoms with Crippen LogP contribution in [-0.2, 0) is 11.2 Å². The van der Waals surface area contributed by atoms with E-state index in [2.05, 4.69) is 27.6 Å². The van der Waals surface area contributed by atoms with Gasteiger partial charge in [-0.25, -0.2) is 15.0 Å². The first kappa shape index (κ1) is 15.5. The van der Waals surface area contributed by atoms with Gasteiger partial charge in [-0.1, -0.05) is 6.92 Å². The van der Waals surface area contributed by atoms with Crippen LogP contribution >= 0.6 is 12.6 Å². The molecule has 0 radical (unpaired) electrons. The molecular weight excluding hydrogens is 306 g/mol. The molecule has 0 amide bonds. The molecule has 0 aliphatic carbocycles. The molecule has 1 fully saturated rings. The summed E-state index contributed by atoms with van der Waals surface area (Å²) in [5.74, 6) is 1.05. The molecule has 0 bridgehead atoms. The Morgan fingerprint density at radius 2 is 2.23 bits per heavy atom. The van der Waals surface area contributed by atoms with Crippen LogP contribution < -0.4 is 5.73 Å². The van der Waals surface area contributed by atoms with Crippen molar-refractivity contribution in [2.75, 3.05) is 12.3 Å². The van der Waals surface area contributed by atoms with Crippen molar-refractivity contribution >= 4 is 29.6 Å². The molecule has 22 heavy (non-hydrogen) atoms. The molecule has 0 unspecified atom stereocenters. The SMILES string of the molecule is CCCc1nc2c(N)ncnc2n1[C@@H]1O[C@H](CO)[C@@H](O)[C@H]1S. The smallest absolute Gasteiger partial charge is 0.167 e. The largest absolute Gasteiger partial charge is 0.394 e. The van der Waals surface area contributed by atoms with Crippen LogP contribution in [0.25, 0.3) is 11.2 Å². The molecule has 9 heteroatoms. The lowest BCUT2D eigenvalue weighted by molar-refractivity contribution is -0.0438.